The third-order valence-electron chi connectivity index (χ3n) is 10.5. The minimum atomic E-state index is -0.412. The third kappa shape index (κ3) is 8.32. The van der Waals surface area contributed by atoms with Crippen molar-refractivity contribution in [2.24, 2.45) is 0 Å². The number of aromatic amines is 2. The first kappa shape index (κ1) is 38.5. The van der Waals surface area contributed by atoms with E-state index in [4.69, 9.17) is 9.97 Å². The van der Waals surface area contributed by atoms with E-state index >= 15 is 0 Å². The molecule has 2 aliphatic rings. The van der Waals surface area contributed by atoms with Gasteiger partial charge in [-0.05, 0) is 74.3 Å². The van der Waals surface area contributed by atoms with Crippen molar-refractivity contribution in [3.8, 4) is 0 Å². The average Bonchev–Trinajstić information content (AvgIpc) is 4.00. The summed E-state index contributed by atoms with van der Waals surface area (Å²) in [7, 11) is 0. The number of H-pyrrole nitrogens is 2. The summed E-state index contributed by atoms with van der Waals surface area (Å²) in [5.41, 5.74) is 8.93. The molecule has 0 aliphatic carbocycles. The fraction of sp³-hybridized carbons (Fsp3) is 0.455. The Bertz CT molecular complexity index is 1700. The third-order valence-corrected chi connectivity index (χ3v) is 10.5. The van der Waals surface area contributed by atoms with Crippen molar-refractivity contribution >= 4 is 71.5 Å². The van der Waals surface area contributed by atoms with Crippen LogP contribution in [0.1, 0.15) is 173 Å². The Morgan fingerprint density at radius 1 is 0.442 bits per heavy atom. The molecule has 0 aromatic carbocycles. The zero-order chi connectivity index (χ0) is 37.0. The molecule has 4 unspecified atom stereocenters. The smallest absolute Gasteiger partial charge is 0.127 e. The van der Waals surface area contributed by atoms with Crippen molar-refractivity contribution in [2.45, 2.75) is 128 Å². The summed E-state index contributed by atoms with van der Waals surface area (Å²) in [4.78, 5) is 68.9. The van der Waals surface area contributed by atoms with Crippen LogP contribution >= 0.6 is 0 Å². The molecule has 8 nitrogen and oxygen atoms in total. The molecule has 0 spiro atoms. The molecule has 3 aromatic rings. The summed E-state index contributed by atoms with van der Waals surface area (Å²) >= 11 is 0. The number of carbonyl (C=O) groups excluding carboxylic acids is 4. The van der Waals surface area contributed by atoms with E-state index in [2.05, 4.69) is 37.7 Å². The van der Waals surface area contributed by atoms with Gasteiger partial charge in [-0.3, -0.25) is 0 Å². The van der Waals surface area contributed by atoms with Crippen molar-refractivity contribution in [1.82, 2.24) is 19.9 Å². The molecular weight excluding hydrogens is 649 g/mol. The maximum atomic E-state index is 12.8. The summed E-state index contributed by atoms with van der Waals surface area (Å²) in [5, 5.41) is 0. The molecular formula is C44H54N4O4. The Hall–Kier alpha value is -4.72. The maximum absolute atomic E-state index is 12.8. The lowest BCUT2D eigenvalue weighted by Crippen LogP contribution is -2.06. The Balaban J connectivity index is 2.00. The fourth-order valence-electron chi connectivity index (χ4n) is 7.67. The lowest BCUT2D eigenvalue weighted by Gasteiger charge is -2.14. The van der Waals surface area contributed by atoms with Gasteiger partial charge in [0.05, 0.1) is 22.8 Å². The summed E-state index contributed by atoms with van der Waals surface area (Å²) < 4.78 is 0. The lowest BCUT2D eigenvalue weighted by molar-refractivity contribution is -0.110. The van der Waals surface area contributed by atoms with Gasteiger partial charge in [0.2, 0.25) is 0 Å². The highest BCUT2D eigenvalue weighted by Gasteiger charge is 2.25. The van der Waals surface area contributed by atoms with Crippen LogP contribution in [0.5, 0.6) is 0 Å². The van der Waals surface area contributed by atoms with Gasteiger partial charge in [-0.2, -0.15) is 0 Å². The molecule has 0 saturated heterocycles. The number of fused-ring (bicyclic) bond motifs is 8. The lowest BCUT2D eigenvalue weighted by atomic mass is 9.93. The monoisotopic (exact) mass is 702 g/mol. The van der Waals surface area contributed by atoms with E-state index in [1.807, 2.05) is 48.6 Å². The summed E-state index contributed by atoms with van der Waals surface area (Å²) in [6, 6.07) is 7.92. The van der Waals surface area contributed by atoms with Crippen LogP contribution < -0.4 is 0 Å². The Morgan fingerprint density at radius 2 is 0.673 bits per heavy atom. The first-order valence-corrected chi connectivity index (χ1v) is 19.4. The van der Waals surface area contributed by atoms with Gasteiger partial charge in [0.25, 0.3) is 0 Å². The quantitative estimate of drug-likeness (QED) is 0.0778. The Kier molecular flexibility index (Phi) is 13.8. The molecule has 2 aliphatic heterocycles. The van der Waals surface area contributed by atoms with Gasteiger partial charge in [-0.15, -0.1) is 0 Å². The average molecular weight is 703 g/mol. The molecule has 0 radical (unpaired) electrons. The van der Waals surface area contributed by atoms with Crippen LogP contribution in [0, 0.1) is 0 Å². The predicted octanol–water partition coefficient (Wildman–Crippen LogP) is 10.5. The van der Waals surface area contributed by atoms with Gasteiger partial charge in [-0.25, -0.2) is 9.97 Å². The zero-order valence-corrected chi connectivity index (χ0v) is 31.3. The second-order valence-electron chi connectivity index (χ2n) is 14.2. The number of hydrogen-bond donors (Lipinski definition) is 2. The molecule has 3 aromatic heterocycles. The van der Waals surface area contributed by atoms with Crippen molar-refractivity contribution in [1.29, 1.82) is 0 Å². The van der Waals surface area contributed by atoms with E-state index in [1.54, 1.807) is 0 Å². The van der Waals surface area contributed by atoms with E-state index < -0.39 is 23.7 Å². The normalized spacial score (nSPS) is 14.5. The largest absolute Gasteiger partial charge is 0.355 e. The van der Waals surface area contributed by atoms with Crippen molar-refractivity contribution in [3.63, 3.8) is 0 Å². The molecule has 8 heteroatoms. The summed E-state index contributed by atoms with van der Waals surface area (Å²) in [5.74, 6) is -1.65. The summed E-state index contributed by atoms with van der Waals surface area (Å²) in [6.07, 6.45) is 21.8. The predicted molar refractivity (Wildman–Crippen MR) is 212 cm³/mol. The number of nitrogens with zero attached hydrogens (tertiary/aromatic N) is 2. The molecule has 4 atom stereocenters. The van der Waals surface area contributed by atoms with Gasteiger partial charge in [0, 0.05) is 68.0 Å². The molecule has 0 saturated carbocycles. The van der Waals surface area contributed by atoms with Crippen LogP contribution in [0.3, 0.4) is 0 Å². The van der Waals surface area contributed by atoms with Crippen LogP contribution in [-0.2, 0) is 19.2 Å². The van der Waals surface area contributed by atoms with E-state index in [9.17, 15) is 19.2 Å². The number of carbonyl (C=O) groups is 4. The molecule has 274 valence electrons. The van der Waals surface area contributed by atoms with Crippen LogP contribution in [0.2, 0.25) is 0 Å². The highest BCUT2D eigenvalue weighted by molar-refractivity contribution is 5.88. The van der Waals surface area contributed by atoms with E-state index in [0.717, 1.165) is 121 Å². The van der Waals surface area contributed by atoms with Gasteiger partial charge >= 0.3 is 0 Å². The van der Waals surface area contributed by atoms with E-state index in [0.29, 0.717) is 48.5 Å². The Labute approximate surface area is 307 Å². The number of hydrogen-bond acceptors (Lipinski definition) is 6. The highest BCUT2D eigenvalue weighted by atomic mass is 16.1. The molecule has 2 N–H and O–H groups in total. The van der Waals surface area contributed by atoms with Crippen LogP contribution in [-0.4, -0.2) is 45.1 Å². The molecule has 5 rings (SSSR count). The fourth-order valence-corrected chi connectivity index (χ4v) is 7.67. The highest BCUT2D eigenvalue weighted by Crippen LogP contribution is 2.37. The first-order chi connectivity index (χ1) is 25.5. The zero-order valence-electron chi connectivity index (χ0n) is 31.3. The van der Waals surface area contributed by atoms with Crippen molar-refractivity contribution in [2.75, 3.05) is 0 Å². The number of rotatable bonds is 20. The number of unbranched alkanes of at least 4 members (excludes halogenated alkanes) is 4. The maximum Gasteiger partial charge on any atom is 0.127 e. The molecule has 0 fully saturated rings. The topological polar surface area (TPSA) is 126 Å². The number of aromatic nitrogens is 4. The molecule has 0 amide bonds. The van der Waals surface area contributed by atoms with Crippen molar-refractivity contribution < 1.29 is 19.2 Å². The standard InChI is InChI=1S/C44H54N4O4/c1-5-9-13-29(25-49)41-33-17-19-35(45-33)42(30(26-50)14-10-6-2)37-21-23-39(47-37)44(32(28-52)16-12-8-4)40-24-22-38(48-40)43(31(27-51)15-11-7-3)36-20-18-34(41)46-36/h17-32,45,48H,5-16H2,1-4H3. The minimum absolute atomic E-state index is 0.412. The molecule has 52 heavy (non-hydrogen) atoms. The van der Waals surface area contributed by atoms with Gasteiger partial charge in [0.15, 0.2) is 0 Å². The van der Waals surface area contributed by atoms with Crippen LogP contribution in [0.15, 0.2) is 24.3 Å². The van der Waals surface area contributed by atoms with Crippen LogP contribution in [0.25, 0.3) is 46.4 Å². The SMILES string of the molecule is CCCCC(C=O)c1c2nc(c(C(C=O)CCCC)c3ccc([nH]3)c(C(C=O)CCCC)c3nc(c(C(C=O)CCCC)c4ccc1[nH]4)C=C3)C=C2. The van der Waals surface area contributed by atoms with Crippen molar-refractivity contribution in [3.05, 3.63) is 69.3 Å². The molecule has 8 bridgehead atoms. The minimum Gasteiger partial charge on any atom is -0.355 e. The first-order valence-electron chi connectivity index (χ1n) is 19.4. The Morgan fingerprint density at radius 3 is 0.865 bits per heavy atom. The summed E-state index contributed by atoms with van der Waals surface area (Å²) in [6.45, 7) is 8.45. The van der Waals surface area contributed by atoms with E-state index in [-0.39, 0.29) is 0 Å². The van der Waals surface area contributed by atoms with Crippen LogP contribution in [0.4, 0.5) is 0 Å². The van der Waals surface area contributed by atoms with Gasteiger partial charge in [-0.1, -0.05) is 79.1 Å². The van der Waals surface area contributed by atoms with E-state index in [1.165, 1.54) is 0 Å². The number of aldehydes is 4. The second-order valence-corrected chi connectivity index (χ2v) is 14.2. The second kappa shape index (κ2) is 18.7. The number of nitrogens with one attached hydrogen (secondary N) is 2. The molecule has 5 heterocycles. The van der Waals surface area contributed by atoms with Gasteiger partial charge < -0.3 is 29.1 Å². The van der Waals surface area contributed by atoms with Gasteiger partial charge in [0.1, 0.15) is 25.1 Å².